The number of nitrogens with one attached hydrogen (secondary N) is 1. The molecule has 0 fully saturated rings. The first-order valence-corrected chi connectivity index (χ1v) is 11.4. The van der Waals surface area contributed by atoms with E-state index in [9.17, 15) is 4.79 Å². The average Bonchev–Trinajstić information content (AvgIpc) is 3.17. The molecule has 0 spiro atoms. The lowest BCUT2D eigenvalue weighted by atomic mass is 9.99. The van der Waals surface area contributed by atoms with Gasteiger partial charge in [-0.05, 0) is 48.4 Å². The monoisotopic (exact) mass is 476 g/mol. The number of carbonyl (C=O) groups is 1. The van der Waals surface area contributed by atoms with Crippen LogP contribution in [-0.2, 0) is 24.2 Å². The number of para-hydroxylation sites is 1. The number of aromatic nitrogens is 3. The standard InChI is InChI=1S/C25H25ClN6O2/c1-31-8-7-15-10-22(34-2)20(9-16(15)13-31)29-25-28-12-19(26)24(30-25)32-14-17(11-23(27)33)18-5-3-4-6-21(18)32/h3-6,9-10,12,14H,7-8,11,13H2,1-2H3,(H2,27,33)(H,28,29,30). The maximum absolute atomic E-state index is 11.6. The van der Waals surface area contributed by atoms with Gasteiger partial charge in [-0.25, -0.2) is 4.98 Å². The van der Waals surface area contributed by atoms with E-state index < -0.39 is 5.91 Å². The van der Waals surface area contributed by atoms with E-state index in [-0.39, 0.29) is 6.42 Å². The predicted octanol–water partition coefficient (Wildman–Crippen LogP) is 3.84. The van der Waals surface area contributed by atoms with Crippen LogP contribution in [0.3, 0.4) is 0 Å². The molecule has 0 radical (unpaired) electrons. The summed E-state index contributed by atoms with van der Waals surface area (Å²) in [5, 5.41) is 4.61. The third kappa shape index (κ3) is 4.18. The number of hydrogen-bond donors (Lipinski definition) is 2. The molecule has 3 heterocycles. The molecule has 0 atom stereocenters. The highest BCUT2D eigenvalue weighted by Crippen LogP contribution is 2.34. The number of primary amides is 1. The number of nitrogens with two attached hydrogens (primary N) is 1. The Balaban J connectivity index is 1.55. The van der Waals surface area contributed by atoms with Crippen molar-refractivity contribution >= 4 is 40.0 Å². The van der Waals surface area contributed by atoms with Crippen molar-refractivity contribution in [2.24, 2.45) is 5.73 Å². The molecule has 9 heteroatoms. The molecule has 1 aliphatic rings. The minimum Gasteiger partial charge on any atom is -0.495 e. The molecule has 0 aliphatic carbocycles. The first-order chi connectivity index (χ1) is 16.4. The molecular weight excluding hydrogens is 452 g/mol. The van der Waals surface area contributed by atoms with Crippen molar-refractivity contribution in [1.29, 1.82) is 0 Å². The fourth-order valence-corrected chi connectivity index (χ4v) is 4.64. The number of carbonyl (C=O) groups excluding carboxylic acids is 1. The van der Waals surface area contributed by atoms with Crippen molar-refractivity contribution in [2.45, 2.75) is 19.4 Å². The molecule has 5 rings (SSSR count). The predicted molar refractivity (Wildman–Crippen MR) is 133 cm³/mol. The van der Waals surface area contributed by atoms with Crippen LogP contribution < -0.4 is 15.8 Å². The second kappa shape index (κ2) is 8.96. The van der Waals surface area contributed by atoms with Crippen LogP contribution in [0.5, 0.6) is 5.75 Å². The minimum absolute atomic E-state index is 0.127. The van der Waals surface area contributed by atoms with Crippen molar-refractivity contribution in [3.8, 4) is 11.6 Å². The van der Waals surface area contributed by atoms with Crippen LogP contribution in [0.2, 0.25) is 5.02 Å². The molecule has 3 N–H and O–H groups in total. The zero-order valence-electron chi connectivity index (χ0n) is 19.0. The number of halogens is 1. The Kier molecular flexibility index (Phi) is 5.85. The van der Waals surface area contributed by atoms with Crippen LogP contribution in [0.4, 0.5) is 11.6 Å². The van der Waals surface area contributed by atoms with Gasteiger partial charge in [0.1, 0.15) is 10.8 Å². The summed E-state index contributed by atoms with van der Waals surface area (Å²) in [5.74, 6) is 1.22. The van der Waals surface area contributed by atoms with Crippen molar-refractivity contribution in [1.82, 2.24) is 19.4 Å². The van der Waals surface area contributed by atoms with Crippen molar-refractivity contribution in [3.63, 3.8) is 0 Å². The number of rotatable bonds is 6. The molecule has 0 unspecified atom stereocenters. The van der Waals surface area contributed by atoms with Gasteiger partial charge in [-0.3, -0.25) is 9.36 Å². The van der Waals surface area contributed by atoms with Gasteiger partial charge in [-0.15, -0.1) is 0 Å². The highest BCUT2D eigenvalue weighted by Gasteiger charge is 2.19. The topological polar surface area (TPSA) is 98.3 Å². The van der Waals surface area contributed by atoms with E-state index in [1.165, 1.54) is 11.1 Å². The second-order valence-electron chi connectivity index (χ2n) is 8.48. The Bertz CT molecular complexity index is 1400. The zero-order chi connectivity index (χ0) is 23.8. The van der Waals surface area contributed by atoms with E-state index in [1.807, 2.05) is 35.0 Å². The fraction of sp³-hybridized carbons (Fsp3) is 0.240. The average molecular weight is 477 g/mol. The Morgan fingerprint density at radius 1 is 1.26 bits per heavy atom. The van der Waals surface area contributed by atoms with Gasteiger partial charge in [-0.2, -0.15) is 4.98 Å². The molecule has 1 amide bonds. The summed E-state index contributed by atoms with van der Waals surface area (Å²) in [6.45, 7) is 1.90. The molecule has 0 bridgehead atoms. The molecular formula is C25H25ClN6O2. The van der Waals surface area contributed by atoms with E-state index >= 15 is 0 Å². The van der Waals surface area contributed by atoms with Gasteiger partial charge >= 0.3 is 0 Å². The summed E-state index contributed by atoms with van der Waals surface area (Å²) in [4.78, 5) is 23.0. The summed E-state index contributed by atoms with van der Waals surface area (Å²) < 4.78 is 7.50. The van der Waals surface area contributed by atoms with Crippen molar-refractivity contribution < 1.29 is 9.53 Å². The summed E-state index contributed by atoms with van der Waals surface area (Å²) in [6.07, 6.45) is 4.52. The number of anilines is 2. The number of likely N-dealkylation sites (N-methyl/N-ethyl adjacent to an activating group) is 1. The van der Waals surface area contributed by atoms with Crippen molar-refractivity contribution in [2.75, 3.05) is 26.0 Å². The van der Waals surface area contributed by atoms with Gasteiger partial charge in [0.2, 0.25) is 11.9 Å². The summed E-state index contributed by atoms with van der Waals surface area (Å²) >= 11 is 6.52. The Labute approximate surface area is 202 Å². The molecule has 0 saturated carbocycles. The molecule has 1 aliphatic heterocycles. The quantitative estimate of drug-likeness (QED) is 0.438. The summed E-state index contributed by atoms with van der Waals surface area (Å²) in [7, 11) is 3.77. The van der Waals surface area contributed by atoms with E-state index in [0.717, 1.165) is 47.4 Å². The van der Waals surface area contributed by atoms with Crippen LogP contribution in [0.25, 0.3) is 16.7 Å². The summed E-state index contributed by atoms with van der Waals surface area (Å²) in [6, 6.07) is 11.9. The first kappa shape index (κ1) is 22.2. The molecule has 2 aromatic carbocycles. The van der Waals surface area contributed by atoms with E-state index in [1.54, 1.807) is 13.3 Å². The molecule has 0 saturated heterocycles. The number of methoxy groups -OCH3 is 1. The van der Waals surface area contributed by atoms with E-state index in [0.29, 0.717) is 16.8 Å². The van der Waals surface area contributed by atoms with Gasteiger partial charge in [-0.1, -0.05) is 29.8 Å². The largest absolute Gasteiger partial charge is 0.495 e. The van der Waals surface area contributed by atoms with Crippen LogP contribution >= 0.6 is 11.6 Å². The van der Waals surface area contributed by atoms with E-state index in [4.69, 9.17) is 27.1 Å². The first-order valence-electron chi connectivity index (χ1n) is 11.0. The maximum Gasteiger partial charge on any atom is 0.229 e. The molecule has 2 aromatic heterocycles. The van der Waals surface area contributed by atoms with Crippen LogP contribution in [0.1, 0.15) is 16.7 Å². The number of hydrogen-bond acceptors (Lipinski definition) is 6. The Morgan fingerprint density at radius 2 is 2.09 bits per heavy atom. The van der Waals surface area contributed by atoms with Crippen molar-refractivity contribution in [3.05, 3.63) is 70.5 Å². The van der Waals surface area contributed by atoms with Gasteiger partial charge in [0.25, 0.3) is 0 Å². The molecule has 8 nitrogen and oxygen atoms in total. The maximum atomic E-state index is 11.6. The SMILES string of the molecule is COc1cc2c(cc1Nc1ncc(Cl)c(-n3cc(CC(N)=O)c4ccccc43)n1)CN(C)CC2. The highest BCUT2D eigenvalue weighted by atomic mass is 35.5. The van der Waals surface area contributed by atoms with Crippen LogP contribution in [0, 0.1) is 0 Å². The van der Waals surface area contributed by atoms with Gasteiger partial charge in [0.05, 0.1) is 30.9 Å². The Hall–Kier alpha value is -3.62. The second-order valence-corrected chi connectivity index (χ2v) is 8.89. The third-order valence-corrected chi connectivity index (χ3v) is 6.35. The lowest BCUT2D eigenvalue weighted by molar-refractivity contribution is -0.117. The molecule has 34 heavy (non-hydrogen) atoms. The lowest BCUT2D eigenvalue weighted by Crippen LogP contribution is -2.26. The molecule has 174 valence electrons. The lowest BCUT2D eigenvalue weighted by Gasteiger charge is -2.26. The number of amides is 1. The normalized spacial score (nSPS) is 13.6. The van der Waals surface area contributed by atoms with Gasteiger partial charge in [0.15, 0.2) is 5.82 Å². The Morgan fingerprint density at radius 3 is 2.88 bits per heavy atom. The number of fused-ring (bicyclic) bond motifs is 2. The highest BCUT2D eigenvalue weighted by molar-refractivity contribution is 6.32. The fourth-order valence-electron chi connectivity index (χ4n) is 4.46. The molecule has 4 aromatic rings. The minimum atomic E-state index is -0.399. The number of benzene rings is 2. The third-order valence-electron chi connectivity index (χ3n) is 6.08. The van der Waals surface area contributed by atoms with Crippen LogP contribution in [0.15, 0.2) is 48.8 Å². The number of ether oxygens (including phenoxy) is 1. The zero-order valence-corrected chi connectivity index (χ0v) is 19.8. The van der Waals surface area contributed by atoms with Gasteiger partial charge in [0, 0.05) is 24.7 Å². The smallest absolute Gasteiger partial charge is 0.229 e. The summed E-state index contributed by atoms with van der Waals surface area (Å²) in [5.41, 5.74) is 10.5. The van der Waals surface area contributed by atoms with Crippen LogP contribution in [-0.4, -0.2) is 46.0 Å². The van der Waals surface area contributed by atoms with E-state index in [2.05, 4.69) is 34.4 Å². The van der Waals surface area contributed by atoms with Gasteiger partial charge < -0.3 is 20.7 Å². The number of nitrogens with zero attached hydrogens (tertiary/aromatic N) is 4.